The van der Waals surface area contributed by atoms with E-state index in [9.17, 15) is 4.79 Å². The zero-order valence-corrected chi connectivity index (χ0v) is 12.5. The van der Waals surface area contributed by atoms with Gasteiger partial charge in [-0.2, -0.15) is 0 Å². The van der Waals surface area contributed by atoms with Crippen molar-refractivity contribution in [1.29, 1.82) is 0 Å². The first-order chi connectivity index (χ1) is 9.81. The van der Waals surface area contributed by atoms with Crippen LogP contribution in [0.5, 0.6) is 0 Å². The number of anilines is 1. The van der Waals surface area contributed by atoms with E-state index in [2.05, 4.69) is 36.5 Å². The lowest BCUT2D eigenvalue weighted by Crippen LogP contribution is -2.23. The van der Waals surface area contributed by atoms with Crippen LogP contribution in [0.2, 0.25) is 0 Å². The number of nitrogens with one attached hydrogen (secondary N) is 1. The highest BCUT2D eigenvalue weighted by Gasteiger charge is 2.21. The zero-order valence-electron chi connectivity index (χ0n) is 12.5. The molecule has 1 N–H and O–H groups in total. The fraction of sp³-hybridized carbons (Fsp3) is 0.588. The molecular weight excluding hydrogens is 248 g/mol. The van der Waals surface area contributed by atoms with Crippen molar-refractivity contribution in [3.8, 4) is 0 Å². The first-order valence-corrected chi connectivity index (χ1v) is 7.91. The van der Waals surface area contributed by atoms with Gasteiger partial charge in [0.1, 0.15) is 0 Å². The van der Waals surface area contributed by atoms with Gasteiger partial charge in [0.2, 0.25) is 5.91 Å². The van der Waals surface area contributed by atoms with Crippen molar-refractivity contribution in [2.24, 2.45) is 0 Å². The van der Waals surface area contributed by atoms with E-state index < -0.39 is 0 Å². The molecule has 0 radical (unpaired) electrons. The Bertz CT molecular complexity index is 414. The number of carbonyl (C=O) groups is 1. The Morgan fingerprint density at radius 2 is 1.95 bits per heavy atom. The lowest BCUT2D eigenvalue weighted by molar-refractivity contribution is -0.117. The second-order valence-corrected chi connectivity index (χ2v) is 5.55. The molecule has 3 nitrogen and oxygen atoms in total. The summed E-state index contributed by atoms with van der Waals surface area (Å²) in [6, 6.07) is 8.38. The quantitative estimate of drug-likeness (QED) is 0.736. The van der Waals surface area contributed by atoms with Crippen molar-refractivity contribution in [2.45, 2.75) is 52.0 Å². The van der Waals surface area contributed by atoms with Crippen LogP contribution in [0.1, 0.15) is 51.0 Å². The molecule has 1 aliphatic rings. The van der Waals surface area contributed by atoms with E-state index in [1.165, 1.54) is 31.2 Å². The van der Waals surface area contributed by atoms with Crippen LogP contribution < -0.4 is 10.2 Å². The second kappa shape index (κ2) is 8.05. The smallest absolute Gasteiger partial charge is 0.227 e. The summed E-state index contributed by atoms with van der Waals surface area (Å²) >= 11 is 0. The van der Waals surface area contributed by atoms with E-state index in [1.54, 1.807) is 0 Å². The summed E-state index contributed by atoms with van der Waals surface area (Å²) in [4.78, 5) is 13.6. The zero-order chi connectivity index (χ0) is 14.2. The van der Waals surface area contributed by atoms with Gasteiger partial charge in [-0.1, -0.05) is 38.3 Å². The number of benzene rings is 1. The average molecular weight is 274 g/mol. The van der Waals surface area contributed by atoms with Crippen LogP contribution in [0.4, 0.5) is 5.69 Å². The third-order valence-electron chi connectivity index (χ3n) is 3.86. The Labute approximate surface area is 122 Å². The van der Waals surface area contributed by atoms with Crippen LogP contribution in [-0.4, -0.2) is 19.0 Å². The first-order valence-electron chi connectivity index (χ1n) is 7.91. The molecule has 0 saturated carbocycles. The largest absolute Gasteiger partial charge is 0.313 e. The minimum absolute atomic E-state index is 0.256. The van der Waals surface area contributed by atoms with Gasteiger partial charge in [0.15, 0.2) is 0 Å². The molecule has 1 heterocycles. The van der Waals surface area contributed by atoms with Crippen molar-refractivity contribution in [2.75, 3.05) is 18.0 Å². The SMILES string of the molecule is CCCCCCNCc1ccc(N2CCCC2=O)cc1. The summed E-state index contributed by atoms with van der Waals surface area (Å²) in [5.74, 6) is 0.256. The standard InChI is InChI=1S/C17H26N2O/c1-2-3-4-5-12-18-14-15-8-10-16(11-9-15)19-13-6-7-17(19)20/h8-11,18H,2-7,12-14H2,1H3. The van der Waals surface area contributed by atoms with Crippen LogP contribution in [0, 0.1) is 0 Å². The molecule has 0 spiro atoms. The van der Waals surface area contributed by atoms with Crippen LogP contribution in [-0.2, 0) is 11.3 Å². The maximum atomic E-state index is 11.7. The van der Waals surface area contributed by atoms with E-state index in [0.717, 1.165) is 31.7 Å². The Morgan fingerprint density at radius 1 is 1.15 bits per heavy atom. The van der Waals surface area contributed by atoms with Gasteiger partial charge in [-0.15, -0.1) is 0 Å². The monoisotopic (exact) mass is 274 g/mol. The van der Waals surface area contributed by atoms with Crippen LogP contribution in [0.15, 0.2) is 24.3 Å². The van der Waals surface area contributed by atoms with Gasteiger partial charge in [-0.3, -0.25) is 4.79 Å². The van der Waals surface area contributed by atoms with Gasteiger partial charge in [-0.05, 0) is 37.1 Å². The van der Waals surface area contributed by atoms with Gasteiger partial charge in [0.25, 0.3) is 0 Å². The molecule has 1 amide bonds. The summed E-state index contributed by atoms with van der Waals surface area (Å²) in [7, 11) is 0. The topological polar surface area (TPSA) is 32.3 Å². The van der Waals surface area contributed by atoms with E-state index in [4.69, 9.17) is 0 Å². The van der Waals surface area contributed by atoms with Gasteiger partial charge >= 0.3 is 0 Å². The van der Waals surface area contributed by atoms with Crippen molar-refractivity contribution in [3.63, 3.8) is 0 Å². The van der Waals surface area contributed by atoms with E-state index in [-0.39, 0.29) is 5.91 Å². The van der Waals surface area contributed by atoms with Gasteiger partial charge in [0, 0.05) is 25.2 Å². The second-order valence-electron chi connectivity index (χ2n) is 5.55. The highest BCUT2D eigenvalue weighted by atomic mass is 16.2. The number of hydrogen-bond donors (Lipinski definition) is 1. The summed E-state index contributed by atoms with van der Waals surface area (Å²) in [5.41, 5.74) is 2.33. The lowest BCUT2D eigenvalue weighted by Gasteiger charge is -2.16. The third-order valence-corrected chi connectivity index (χ3v) is 3.86. The maximum Gasteiger partial charge on any atom is 0.227 e. The molecule has 0 aromatic heterocycles. The average Bonchev–Trinajstić information content (AvgIpc) is 2.90. The highest BCUT2D eigenvalue weighted by Crippen LogP contribution is 2.21. The summed E-state index contributed by atoms with van der Waals surface area (Å²) in [6.07, 6.45) is 6.88. The Hall–Kier alpha value is -1.35. The van der Waals surface area contributed by atoms with Crippen molar-refractivity contribution >= 4 is 11.6 Å². The van der Waals surface area contributed by atoms with Crippen LogP contribution >= 0.6 is 0 Å². The predicted octanol–water partition coefficient (Wildman–Crippen LogP) is 3.48. The number of carbonyl (C=O) groups excluding carboxylic acids is 1. The molecule has 0 aliphatic carbocycles. The molecule has 1 aromatic rings. The molecular formula is C17H26N2O. The Morgan fingerprint density at radius 3 is 2.60 bits per heavy atom. The molecule has 3 heteroatoms. The van der Waals surface area contributed by atoms with E-state index >= 15 is 0 Å². The van der Waals surface area contributed by atoms with Crippen molar-refractivity contribution < 1.29 is 4.79 Å². The fourth-order valence-electron chi connectivity index (χ4n) is 2.62. The van der Waals surface area contributed by atoms with Crippen molar-refractivity contribution in [1.82, 2.24) is 5.32 Å². The molecule has 1 aliphatic heterocycles. The maximum absolute atomic E-state index is 11.7. The number of nitrogens with zero attached hydrogens (tertiary/aromatic N) is 1. The number of hydrogen-bond acceptors (Lipinski definition) is 2. The van der Waals surface area contributed by atoms with E-state index in [0.29, 0.717) is 6.42 Å². The number of amides is 1. The number of unbranched alkanes of at least 4 members (excludes halogenated alkanes) is 3. The third kappa shape index (κ3) is 4.34. The Kier molecular flexibility index (Phi) is 6.06. The minimum atomic E-state index is 0.256. The van der Waals surface area contributed by atoms with Crippen molar-refractivity contribution in [3.05, 3.63) is 29.8 Å². The molecule has 110 valence electrons. The molecule has 1 saturated heterocycles. The number of rotatable bonds is 8. The predicted molar refractivity (Wildman–Crippen MR) is 83.9 cm³/mol. The van der Waals surface area contributed by atoms with Gasteiger partial charge in [-0.25, -0.2) is 0 Å². The van der Waals surface area contributed by atoms with E-state index in [1.807, 2.05) is 4.90 Å². The molecule has 0 bridgehead atoms. The lowest BCUT2D eigenvalue weighted by atomic mass is 10.2. The molecule has 20 heavy (non-hydrogen) atoms. The summed E-state index contributed by atoms with van der Waals surface area (Å²) < 4.78 is 0. The molecule has 0 unspecified atom stereocenters. The molecule has 2 rings (SSSR count). The molecule has 1 fully saturated rings. The Balaban J connectivity index is 1.73. The summed E-state index contributed by atoms with van der Waals surface area (Å²) in [6.45, 7) is 5.11. The summed E-state index contributed by atoms with van der Waals surface area (Å²) in [5, 5.41) is 3.48. The molecule has 1 aromatic carbocycles. The minimum Gasteiger partial charge on any atom is -0.313 e. The normalized spacial score (nSPS) is 15.1. The van der Waals surface area contributed by atoms with Gasteiger partial charge < -0.3 is 10.2 Å². The molecule has 0 atom stereocenters. The van der Waals surface area contributed by atoms with Crippen LogP contribution in [0.3, 0.4) is 0 Å². The highest BCUT2D eigenvalue weighted by molar-refractivity contribution is 5.95. The fourth-order valence-corrected chi connectivity index (χ4v) is 2.62. The van der Waals surface area contributed by atoms with Crippen LogP contribution in [0.25, 0.3) is 0 Å². The first kappa shape index (κ1) is 15.0. The van der Waals surface area contributed by atoms with Gasteiger partial charge in [0.05, 0.1) is 0 Å².